The van der Waals surface area contributed by atoms with E-state index >= 15 is 0 Å². The van der Waals surface area contributed by atoms with Crippen LogP contribution in [0.4, 0.5) is 18.9 Å². The maximum absolute atomic E-state index is 12.7. The molecule has 0 radical (unpaired) electrons. The van der Waals surface area contributed by atoms with Crippen molar-refractivity contribution in [2.24, 2.45) is 0 Å². The van der Waals surface area contributed by atoms with Gasteiger partial charge in [-0.15, -0.1) is 0 Å². The third-order valence-corrected chi connectivity index (χ3v) is 5.51. The number of halogens is 4. The van der Waals surface area contributed by atoms with Crippen LogP contribution in [0.1, 0.15) is 22.3 Å². The fourth-order valence-corrected chi connectivity index (χ4v) is 3.88. The number of hydrogen-bond donors (Lipinski definition) is 0. The molecule has 1 fully saturated rings. The highest BCUT2D eigenvalue weighted by Gasteiger charge is 2.31. The molecule has 0 amide bonds. The summed E-state index contributed by atoms with van der Waals surface area (Å²) >= 11 is 6.27. The molecule has 4 rings (SSSR count). The average molecular weight is 447 g/mol. The van der Waals surface area contributed by atoms with E-state index in [2.05, 4.69) is 4.98 Å². The van der Waals surface area contributed by atoms with E-state index in [9.17, 15) is 18.0 Å². The van der Waals surface area contributed by atoms with Crippen LogP contribution in [0.25, 0.3) is 11.1 Å². The highest BCUT2D eigenvalue weighted by molar-refractivity contribution is 6.33. The molecule has 2 heterocycles. The van der Waals surface area contributed by atoms with Crippen molar-refractivity contribution in [3.63, 3.8) is 0 Å². The normalized spacial score (nSPS) is 16.4. The fraction of sp³-hybridized carbons (Fsp3) is 0.217. The Morgan fingerprint density at radius 1 is 1.13 bits per heavy atom. The smallest absolute Gasteiger partial charge is 0.417 e. The summed E-state index contributed by atoms with van der Waals surface area (Å²) < 4.78 is 43.8. The minimum Gasteiger partial charge on any atom is -0.472 e. The first-order valence-electron chi connectivity index (χ1n) is 9.64. The van der Waals surface area contributed by atoms with Gasteiger partial charge in [0.15, 0.2) is 6.29 Å². The number of carbonyl (C=O) groups excluding carboxylic acids is 1. The predicted octanol–water partition coefficient (Wildman–Crippen LogP) is 5.89. The molecule has 0 unspecified atom stereocenters. The first-order chi connectivity index (χ1) is 14.8. The summed E-state index contributed by atoms with van der Waals surface area (Å²) in [5.41, 5.74) is 2.18. The molecular weight excluding hydrogens is 429 g/mol. The zero-order chi connectivity index (χ0) is 22.0. The van der Waals surface area contributed by atoms with E-state index < -0.39 is 11.7 Å². The number of hydrogen-bond acceptors (Lipinski definition) is 4. The number of aldehydes is 1. The summed E-state index contributed by atoms with van der Waals surface area (Å²) in [6.07, 6.45) is -2.45. The van der Waals surface area contributed by atoms with Gasteiger partial charge in [0, 0.05) is 47.1 Å². The van der Waals surface area contributed by atoms with E-state index in [1.807, 2.05) is 35.2 Å². The van der Waals surface area contributed by atoms with Crippen LogP contribution in [0.2, 0.25) is 5.02 Å². The van der Waals surface area contributed by atoms with Gasteiger partial charge < -0.3 is 9.64 Å². The van der Waals surface area contributed by atoms with Crippen LogP contribution in [0.5, 0.6) is 5.88 Å². The van der Waals surface area contributed by atoms with Crippen molar-refractivity contribution in [2.75, 3.05) is 18.0 Å². The Bertz CT molecular complexity index is 1090. The largest absolute Gasteiger partial charge is 0.472 e. The third kappa shape index (κ3) is 4.66. The summed E-state index contributed by atoms with van der Waals surface area (Å²) in [5, 5.41) is 0.603. The SMILES string of the molecule is O=Cc1cc(-c2ccccc2Cl)ccc1N1CC[C@H](Oc2ccc(C(F)(F)F)cn2)C1. The van der Waals surface area contributed by atoms with Gasteiger partial charge in [0.1, 0.15) is 6.10 Å². The van der Waals surface area contributed by atoms with E-state index in [4.69, 9.17) is 16.3 Å². The van der Waals surface area contributed by atoms with E-state index in [1.54, 1.807) is 12.1 Å². The molecule has 0 saturated carbocycles. The molecule has 1 aromatic heterocycles. The van der Waals surface area contributed by atoms with Gasteiger partial charge in [-0.3, -0.25) is 4.79 Å². The van der Waals surface area contributed by atoms with Gasteiger partial charge in [-0.1, -0.05) is 35.9 Å². The van der Waals surface area contributed by atoms with Gasteiger partial charge >= 0.3 is 6.18 Å². The van der Waals surface area contributed by atoms with Crippen LogP contribution in [0.3, 0.4) is 0 Å². The molecule has 4 nitrogen and oxygen atoms in total. The molecular formula is C23H18ClF3N2O2. The van der Waals surface area contributed by atoms with E-state index in [-0.39, 0.29) is 12.0 Å². The second-order valence-corrected chi connectivity index (χ2v) is 7.64. The summed E-state index contributed by atoms with van der Waals surface area (Å²) in [4.78, 5) is 17.5. The van der Waals surface area contributed by atoms with Crippen LogP contribution < -0.4 is 9.64 Å². The van der Waals surface area contributed by atoms with Crippen molar-refractivity contribution in [3.05, 3.63) is 76.9 Å². The van der Waals surface area contributed by atoms with E-state index in [0.717, 1.165) is 35.4 Å². The summed E-state index contributed by atoms with van der Waals surface area (Å²) in [5.74, 6) is 0.143. The molecule has 3 aromatic rings. The summed E-state index contributed by atoms with van der Waals surface area (Å²) in [6, 6.07) is 15.2. The van der Waals surface area contributed by atoms with Crippen molar-refractivity contribution < 1.29 is 22.7 Å². The Morgan fingerprint density at radius 2 is 1.94 bits per heavy atom. The Hall–Kier alpha value is -3.06. The lowest BCUT2D eigenvalue weighted by Crippen LogP contribution is -2.25. The Labute approximate surface area is 182 Å². The van der Waals surface area contributed by atoms with Crippen molar-refractivity contribution in [3.8, 4) is 17.0 Å². The topological polar surface area (TPSA) is 42.4 Å². The number of rotatable bonds is 5. The summed E-state index contributed by atoms with van der Waals surface area (Å²) in [6.45, 7) is 1.15. The van der Waals surface area contributed by atoms with Crippen molar-refractivity contribution in [1.82, 2.24) is 4.98 Å². The van der Waals surface area contributed by atoms with Gasteiger partial charge in [-0.2, -0.15) is 13.2 Å². The van der Waals surface area contributed by atoms with Gasteiger partial charge in [0.05, 0.1) is 12.1 Å². The average Bonchev–Trinajstić information content (AvgIpc) is 3.21. The lowest BCUT2D eigenvalue weighted by atomic mass is 10.0. The van der Waals surface area contributed by atoms with Gasteiger partial charge in [-0.05, 0) is 29.8 Å². The standard InChI is InChI=1S/C23H18ClF3N2O2/c24-20-4-2-1-3-19(20)15-5-7-21(16(11-15)14-30)29-10-9-18(13-29)31-22-8-6-17(12-28-22)23(25,26)27/h1-8,11-12,14,18H,9-10,13H2/t18-/m0/s1. The number of aromatic nitrogens is 1. The second-order valence-electron chi connectivity index (χ2n) is 7.23. The van der Waals surface area contributed by atoms with Gasteiger partial charge in [0.2, 0.25) is 5.88 Å². The minimum absolute atomic E-state index is 0.143. The molecule has 1 saturated heterocycles. The first-order valence-corrected chi connectivity index (χ1v) is 10.0. The molecule has 2 aromatic carbocycles. The lowest BCUT2D eigenvalue weighted by molar-refractivity contribution is -0.137. The molecule has 0 N–H and O–H groups in total. The monoisotopic (exact) mass is 446 g/mol. The number of carbonyl (C=O) groups is 1. The number of anilines is 1. The zero-order valence-electron chi connectivity index (χ0n) is 16.3. The van der Waals surface area contributed by atoms with Gasteiger partial charge in [0.25, 0.3) is 0 Å². The third-order valence-electron chi connectivity index (χ3n) is 5.18. The first kappa shape index (κ1) is 21.2. The van der Waals surface area contributed by atoms with Crippen LogP contribution in [-0.4, -0.2) is 30.5 Å². The van der Waals surface area contributed by atoms with E-state index in [1.165, 1.54) is 6.07 Å². The molecule has 8 heteroatoms. The second kappa shape index (κ2) is 8.59. The molecule has 31 heavy (non-hydrogen) atoms. The van der Waals surface area contributed by atoms with Crippen LogP contribution in [-0.2, 0) is 6.18 Å². The molecule has 0 spiro atoms. The van der Waals surface area contributed by atoms with Gasteiger partial charge in [-0.25, -0.2) is 4.98 Å². The lowest BCUT2D eigenvalue weighted by Gasteiger charge is -2.21. The Morgan fingerprint density at radius 3 is 2.61 bits per heavy atom. The number of alkyl halides is 3. The molecule has 1 aliphatic heterocycles. The van der Waals surface area contributed by atoms with Crippen molar-refractivity contribution in [2.45, 2.75) is 18.7 Å². The zero-order valence-corrected chi connectivity index (χ0v) is 17.0. The van der Waals surface area contributed by atoms with Crippen LogP contribution >= 0.6 is 11.6 Å². The van der Waals surface area contributed by atoms with Crippen molar-refractivity contribution in [1.29, 1.82) is 0 Å². The highest BCUT2D eigenvalue weighted by atomic mass is 35.5. The maximum Gasteiger partial charge on any atom is 0.417 e. The molecule has 1 aliphatic rings. The number of nitrogens with zero attached hydrogens (tertiary/aromatic N) is 2. The number of pyridine rings is 1. The van der Waals surface area contributed by atoms with Crippen LogP contribution in [0, 0.1) is 0 Å². The maximum atomic E-state index is 12.7. The molecule has 0 bridgehead atoms. The molecule has 1 atom stereocenters. The molecule has 160 valence electrons. The quantitative estimate of drug-likeness (QED) is 0.458. The Balaban J connectivity index is 1.47. The predicted molar refractivity (Wildman–Crippen MR) is 113 cm³/mol. The minimum atomic E-state index is -4.43. The highest BCUT2D eigenvalue weighted by Crippen LogP contribution is 2.33. The number of ether oxygens (including phenoxy) is 1. The Kier molecular flexibility index (Phi) is 5.87. The van der Waals surface area contributed by atoms with Crippen molar-refractivity contribution >= 4 is 23.6 Å². The van der Waals surface area contributed by atoms with E-state index in [0.29, 0.717) is 30.1 Å². The fourth-order valence-electron chi connectivity index (χ4n) is 3.63. The number of benzene rings is 2. The summed E-state index contributed by atoms with van der Waals surface area (Å²) in [7, 11) is 0. The van der Waals surface area contributed by atoms with Crippen LogP contribution in [0.15, 0.2) is 60.8 Å². The molecule has 0 aliphatic carbocycles.